The fraction of sp³-hybridized carbons (Fsp3) is 0.579. The van der Waals surface area contributed by atoms with E-state index in [0.29, 0.717) is 19.6 Å². The van der Waals surface area contributed by atoms with Crippen molar-refractivity contribution < 1.29 is 18.7 Å². The van der Waals surface area contributed by atoms with Crippen molar-refractivity contribution >= 4 is 11.8 Å². The molecule has 1 saturated heterocycles. The Morgan fingerprint density at radius 3 is 2.76 bits per heavy atom. The molecule has 0 radical (unpaired) electrons. The number of likely N-dealkylation sites (tertiary alicyclic amines) is 1. The third kappa shape index (κ3) is 4.78. The third-order valence-electron chi connectivity index (χ3n) is 5.03. The molecule has 1 aliphatic heterocycles. The van der Waals surface area contributed by atoms with Crippen LogP contribution in [0.1, 0.15) is 44.6 Å². The van der Waals surface area contributed by atoms with Crippen molar-refractivity contribution in [3.8, 4) is 0 Å². The lowest BCUT2D eigenvalue weighted by Crippen LogP contribution is -2.42. The van der Waals surface area contributed by atoms with Crippen molar-refractivity contribution in [1.82, 2.24) is 10.2 Å². The van der Waals surface area contributed by atoms with E-state index in [2.05, 4.69) is 5.32 Å². The first-order chi connectivity index (χ1) is 12.0. The summed E-state index contributed by atoms with van der Waals surface area (Å²) < 4.78 is 19.1. The summed E-state index contributed by atoms with van der Waals surface area (Å²) in [7, 11) is 0. The Labute approximate surface area is 147 Å². The minimum Gasteiger partial charge on any atom is -0.374 e. The van der Waals surface area contributed by atoms with Gasteiger partial charge in [-0.1, -0.05) is 12.1 Å². The van der Waals surface area contributed by atoms with E-state index in [9.17, 15) is 14.0 Å². The molecule has 1 saturated carbocycles. The first kappa shape index (κ1) is 17.9. The lowest BCUT2D eigenvalue weighted by Gasteiger charge is -2.34. The van der Waals surface area contributed by atoms with Gasteiger partial charge in [0.15, 0.2) is 0 Å². The van der Waals surface area contributed by atoms with E-state index < -0.39 is 0 Å². The number of nitrogens with one attached hydrogen (secondary N) is 1. The topological polar surface area (TPSA) is 58.6 Å². The predicted octanol–water partition coefficient (Wildman–Crippen LogP) is 2.39. The van der Waals surface area contributed by atoms with Crippen LogP contribution in [0.2, 0.25) is 0 Å². The molecule has 0 spiro atoms. The minimum atomic E-state index is -0.244. The lowest BCUT2D eigenvalue weighted by atomic mass is 9.92. The number of benzene rings is 1. The summed E-state index contributed by atoms with van der Waals surface area (Å²) in [5, 5.41) is 2.84. The fourth-order valence-electron chi connectivity index (χ4n) is 3.83. The number of hydrogen-bond donors (Lipinski definition) is 1. The van der Waals surface area contributed by atoms with E-state index in [1.54, 1.807) is 6.07 Å². The molecule has 1 atom stereocenters. The van der Waals surface area contributed by atoms with Crippen molar-refractivity contribution in [2.75, 3.05) is 6.54 Å². The Bertz CT molecular complexity index is 629. The molecular weight excluding hydrogens is 323 g/mol. The summed E-state index contributed by atoms with van der Waals surface area (Å²) in [5.41, 5.74) is 0.843. The predicted molar refractivity (Wildman–Crippen MR) is 91.2 cm³/mol. The Hall–Kier alpha value is -1.95. The van der Waals surface area contributed by atoms with Crippen molar-refractivity contribution in [2.45, 2.75) is 63.8 Å². The summed E-state index contributed by atoms with van der Waals surface area (Å²) in [6.07, 6.45) is 4.17. The largest absolute Gasteiger partial charge is 0.374 e. The van der Waals surface area contributed by atoms with Crippen LogP contribution in [0.5, 0.6) is 0 Å². The van der Waals surface area contributed by atoms with Gasteiger partial charge in [0.05, 0.1) is 18.8 Å². The number of nitrogens with zero attached hydrogens (tertiary/aromatic N) is 1. The molecule has 0 bridgehead atoms. The molecule has 1 aromatic carbocycles. The molecule has 1 aromatic rings. The first-order valence-corrected chi connectivity index (χ1v) is 8.94. The Kier molecular flexibility index (Phi) is 5.68. The number of amides is 2. The highest BCUT2D eigenvalue weighted by Gasteiger charge is 2.36. The van der Waals surface area contributed by atoms with Crippen molar-refractivity contribution in [3.63, 3.8) is 0 Å². The van der Waals surface area contributed by atoms with Crippen LogP contribution in [0, 0.1) is 5.82 Å². The van der Waals surface area contributed by atoms with Crippen molar-refractivity contribution in [3.05, 3.63) is 35.6 Å². The Balaban J connectivity index is 1.44. The lowest BCUT2D eigenvalue weighted by molar-refractivity contribution is -0.131. The molecule has 0 aromatic heterocycles. The molecule has 1 aliphatic carbocycles. The Morgan fingerprint density at radius 2 is 2.08 bits per heavy atom. The summed E-state index contributed by atoms with van der Waals surface area (Å²) in [4.78, 5) is 25.3. The third-order valence-corrected chi connectivity index (χ3v) is 5.03. The van der Waals surface area contributed by atoms with Crippen LogP contribution in [0.25, 0.3) is 0 Å². The van der Waals surface area contributed by atoms with Crippen LogP contribution in [0.4, 0.5) is 4.39 Å². The quantitative estimate of drug-likeness (QED) is 0.889. The van der Waals surface area contributed by atoms with Crippen LogP contribution in [0.15, 0.2) is 24.3 Å². The number of carbonyl (C=O) groups excluding carboxylic acids is 2. The van der Waals surface area contributed by atoms with Gasteiger partial charge < -0.3 is 15.0 Å². The molecule has 5 nitrogen and oxygen atoms in total. The second-order valence-corrected chi connectivity index (χ2v) is 7.02. The van der Waals surface area contributed by atoms with Crippen LogP contribution in [-0.2, 0) is 20.9 Å². The smallest absolute Gasteiger partial charge is 0.225 e. The molecule has 1 heterocycles. The highest BCUT2D eigenvalue weighted by Crippen LogP contribution is 2.28. The average molecular weight is 348 g/mol. The molecule has 2 fully saturated rings. The van der Waals surface area contributed by atoms with E-state index in [-0.39, 0.29) is 35.8 Å². The summed E-state index contributed by atoms with van der Waals surface area (Å²) in [5.74, 6) is -0.205. The van der Waals surface area contributed by atoms with E-state index in [1.165, 1.54) is 19.1 Å². The van der Waals surface area contributed by atoms with E-state index in [1.807, 2.05) is 11.0 Å². The SMILES string of the molecule is CC(=O)N[C@H]1CC(=O)N(C2CCC(OCc3cccc(F)c3)CC2)C1. The van der Waals surface area contributed by atoms with Gasteiger partial charge in [-0.15, -0.1) is 0 Å². The number of rotatable bonds is 5. The maximum atomic E-state index is 13.2. The monoisotopic (exact) mass is 348 g/mol. The zero-order valence-corrected chi connectivity index (χ0v) is 14.5. The normalized spacial score (nSPS) is 26.7. The molecule has 3 rings (SSSR count). The van der Waals surface area contributed by atoms with Crippen molar-refractivity contribution in [1.29, 1.82) is 0 Å². The van der Waals surface area contributed by atoms with Crippen LogP contribution in [0.3, 0.4) is 0 Å². The minimum absolute atomic E-state index is 0.0630. The maximum Gasteiger partial charge on any atom is 0.225 e. The fourth-order valence-corrected chi connectivity index (χ4v) is 3.83. The van der Waals surface area contributed by atoms with Gasteiger partial charge in [0.1, 0.15) is 5.82 Å². The standard InChI is InChI=1S/C19H25FN2O3/c1-13(23)21-16-10-19(24)22(11-16)17-5-7-18(8-6-17)25-12-14-3-2-4-15(20)9-14/h2-4,9,16-18H,5-8,10-12H2,1H3,(H,21,23)/t16-,17?,18?/m0/s1. The van der Waals surface area contributed by atoms with Gasteiger partial charge in [-0.2, -0.15) is 0 Å². The summed E-state index contributed by atoms with van der Waals surface area (Å²) >= 11 is 0. The van der Waals surface area contributed by atoms with E-state index in [4.69, 9.17) is 4.74 Å². The van der Waals surface area contributed by atoms with Gasteiger partial charge in [-0.25, -0.2) is 4.39 Å². The molecular formula is C19H25FN2O3. The van der Waals surface area contributed by atoms with Crippen LogP contribution < -0.4 is 5.32 Å². The molecule has 6 heteroatoms. The van der Waals surface area contributed by atoms with Gasteiger partial charge in [0, 0.05) is 25.9 Å². The van der Waals surface area contributed by atoms with Crippen LogP contribution >= 0.6 is 0 Å². The molecule has 25 heavy (non-hydrogen) atoms. The average Bonchev–Trinajstić information content (AvgIpc) is 2.93. The Morgan fingerprint density at radius 1 is 1.32 bits per heavy atom. The van der Waals surface area contributed by atoms with Gasteiger partial charge in [0.2, 0.25) is 11.8 Å². The first-order valence-electron chi connectivity index (χ1n) is 8.94. The van der Waals surface area contributed by atoms with Gasteiger partial charge in [-0.05, 0) is 43.4 Å². The highest BCUT2D eigenvalue weighted by atomic mass is 19.1. The van der Waals surface area contributed by atoms with Gasteiger partial charge in [0.25, 0.3) is 0 Å². The number of halogens is 1. The van der Waals surface area contributed by atoms with E-state index in [0.717, 1.165) is 31.2 Å². The highest BCUT2D eigenvalue weighted by molar-refractivity contribution is 5.81. The number of hydrogen-bond acceptors (Lipinski definition) is 3. The van der Waals surface area contributed by atoms with Gasteiger partial charge in [-0.3, -0.25) is 9.59 Å². The zero-order valence-electron chi connectivity index (χ0n) is 14.5. The number of ether oxygens (including phenoxy) is 1. The molecule has 1 N–H and O–H groups in total. The van der Waals surface area contributed by atoms with Crippen molar-refractivity contribution in [2.24, 2.45) is 0 Å². The van der Waals surface area contributed by atoms with Gasteiger partial charge >= 0.3 is 0 Å². The summed E-state index contributed by atoms with van der Waals surface area (Å²) in [6, 6.07) is 6.65. The van der Waals surface area contributed by atoms with E-state index >= 15 is 0 Å². The second kappa shape index (κ2) is 7.95. The molecule has 2 aliphatic rings. The number of carbonyl (C=O) groups is 2. The van der Waals surface area contributed by atoms with Crippen LogP contribution in [-0.4, -0.2) is 41.4 Å². The molecule has 0 unspecified atom stereocenters. The second-order valence-electron chi connectivity index (χ2n) is 7.02. The summed E-state index contributed by atoms with van der Waals surface area (Å²) in [6.45, 7) is 2.51. The molecule has 2 amide bonds. The molecule has 136 valence electrons. The maximum absolute atomic E-state index is 13.2. The zero-order chi connectivity index (χ0) is 17.8.